The van der Waals surface area contributed by atoms with Gasteiger partial charge in [0.1, 0.15) is 5.82 Å². The first kappa shape index (κ1) is 15.6. The molecular weight excluding hydrogens is 299 g/mol. The summed E-state index contributed by atoms with van der Waals surface area (Å²) in [6, 6.07) is 4.67. The van der Waals surface area contributed by atoms with E-state index in [1.54, 1.807) is 19.1 Å². The number of ketones is 1. The van der Waals surface area contributed by atoms with Gasteiger partial charge in [-0.05, 0) is 32.0 Å². The summed E-state index contributed by atoms with van der Waals surface area (Å²) in [5.74, 6) is 0.757. The number of Topliss-reactive ketones (excluding diaryl/α,β-unsaturated/α-hetero) is 1. The standard InChI is InChI=1S/C16H19FN4O2/c1-11(22)13-3-4-15(14(17)9-13)21-7-5-20(6-8-21)10-16-18-12(2)19-23-16/h3-4,9H,5-8,10H2,1-2H3. The Bertz CT molecular complexity index is 708. The molecule has 0 amide bonds. The van der Waals surface area contributed by atoms with Gasteiger partial charge in [-0.2, -0.15) is 4.98 Å². The first-order chi connectivity index (χ1) is 11.0. The summed E-state index contributed by atoms with van der Waals surface area (Å²) in [7, 11) is 0. The predicted molar refractivity (Wildman–Crippen MR) is 82.9 cm³/mol. The number of anilines is 1. The van der Waals surface area contributed by atoms with Crippen molar-refractivity contribution in [2.75, 3.05) is 31.1 Å². The second-order valence-electron chi connectivity index (χ2n) is 5.72. The molecule has 0 saturated carbocycles. The molecule has 0 bridgehead atoms. The summed E-state index contributed by atoms with van der Waals surface area (Å²) < 4.78 is 19.3. The minimum Gasteiger partial charge on any atom is -0.367 e. The Morgan fingerprint density at radius 3 is 2.61 bits per heavy atom. The first-order valence-corrected chi connectivity index (χ1v) is 7.60. The Morgan fingerprint density at radius 1 is 1.30 bits per heavy atom. The van der Waals surface area contributed by atoms with Crippen LogP contribution < -0.4 is 4.90 Å². The van der Waals surface area contributed by atoms with Gasteiger partial charge < -0.3 is 9.42 Å². The van der Waals surface area contributed by atoms with E-state index in [1.165, 1.54) is 13.0 Å². The van der Waals surface area contributed by atoms with Crippen molar-refractivity contribution in [2.45, 2.75) is 20.4 Å². The second-order valence-corrected chi connectivity index (χ2v) is 5.72. The van der Waals surface area contributed by atoms with Gasteiger partial charge in [0.25, 0.3) is 0 Å². The molecule has 23 heavy (non-hydrogen) atoms. The minimum absolute atomic E-state index is 0.130. The van der Waals surface area contributed by atoms with Gasteiger partial charge in [-0.1, -0.05) is 5.16 Å². The molecule has 1 aromatic heterocycles. The topological polar surface area (TPSA) is 62.5 Å². The number of aryl methyl sites for hydroxylation is 1. The van der Waals surface area contributed by atoms with Crippen LogP contribution in [0.5, 0.6) is 0 Å². The van der Waals surface area contributed by atoms with Gasteiger partial charge in [0.15, 0.2) is 11.6 Å². The van der Waals surface area contributed by atoms with Crippen molar-refractivity contribution >= 4 is 11.5 Å². The molecule has 3 rings (SSSR count). The van der Waals surface area contributed by atoms with Crippen molar-refractivity contribution in [3.63, 3.8) is 0 Å². The molecule has 0 radical (unpaired) electrons. The van der Waals surface area contributed by atoms with Crippen molar-refractivity contribution in [3.05, 3.63) is 41.3 Å². The van der Waals surface area contributed by atoms with Crippen LogP contribution in [-0.4, -0.2) is 47.0 Å². The molecule has 1 fully saturated rings. The van der Waals surface area contributed by atoms with E-state index < -0.39 is 0 Å². The molecule has 2 aromatic rings. The van der Waals surface area contributed by atoms with Crippen LogP contribution in [0.25, 0.3) is 0 Å². The third-order valence-corrected chi connectivity index (χ3v) is 4.00. The van der Waals surface area contributed by atoms with Crippen LogP contribution in [-0.2, 0) is 6.54 Å². The van der Waals surface area contributed by atoms with Crippen molar-refractivity contribution in [2.24, 2.45) is 0 Å². The molecule has 0 spiro atoms. The number of hydrogen-bond donors (Lipinski definition) is 0. The monoisotopic (exact) mass is 318 g/mol. The van der Waals surface area contributed by atoms with Gasteiger partial charge in [0.05, 0.1) is 12.2 Å². The average molecular weight is 318 g/mol. The highest BCUT2D eigenvalue weighted by atomic mass is 19.1. The number of hydrogen-bond acceptors (Lipinski definition) is 6. The quantitative estimate of drug-likeness (QED) is 0.804. The van der Waals surface area contributed by atoms with E-state index in [2.05, 4.69) is 15.0 Å². The SMILES string of the molecule is CC(=O)c1ccc(N2CCN(Cc3nc(C)no3)CC2)c(F)c1. The van der Waals surface area contributed by atoms with Crippen LogP contribution in [0.15, 0.2) is 22.7 Å². The summed E-state index contributed by atoms with van der Waals surface area (Å²) in [6.45, 7) is 6.84. The van der Waals surface area contributed by atoms with Crippen molar-refractivity contribution in [1.82, 2.24) is 15.0 Å². The molecular formula is C16H19FN4O2. The number of piperazine rings is 1. The Morgan fingerprint density at radius 2 is 2.04 bits per heavy atom. The summed E-state index contributed by atoms with van der Waals surface area (Å²) in [4.78, 5) is 19.7. The highest BCUT2D eigenvalue weighted by molar-refractivity contribution is 5.94. The van der Waals surface area contributed by atoms with Gasteiger partial charge in [0.2, 0.25) is 5.89 Å². The number of benzene rings is 1. The smallest absolute Gasteiger partial charge is 0.240 e. The molecule has 1 aliphatic rings. The van der Waals surface area contributed by atoms with Crippen LogP contribution >= 0.6 is 0 Å². The first-order valence-electron chi connectivity index (χ1n) is 7.60. The van der Waals surface area contributed by atoms with Gasteiger partial charge in [-0.15, -0.1) is 0 Å². The van der Waals surface area contributed by atoms with Crippen molar-refractivity contribution in [3.8, 4) is 0 Å². The average Bonchev–Trinajstić information content (AvgIpc) is 2.93. The Balaban J connectivity index is 1.61. The number of rotatable bonds is 4. The van der Waals surface area contributed by atoms with E-state index in [0.717, 1.165) is 13.1 Å². The lowest BCUT2D eigenvalue weighted by molar-refractivity contribution is 0.101. The largest absolute Gasteiger partial charge is 0.367 e. The van der Waals surface area contributed by atoms with Crippen LogP contribution in [0.1, 0.15) is 29.0 Å². The zero-order valence-corrected chi connectivity index (χ0v) is 13.3. The highest BCUT2D eigenvalue weighted by Gasteiger charge is 2.21. The summed E-state index contributed by atoms with van der Waals surface area (Å²) in [5.41, 5.74) is 0.944. The summed E-state index contributed by atoms with van der Waals surface area (Å²) >= 11 is 0. The molecule has 1 aliphatic heterocycles. The number of carbonyl (C=O) groups is 1. The predicted octanol–water partition coefficient (Wildman–Crippen LogP) is 2.04. The fourth-order valence-corrected chi connectivity index (χ4v) is 2.72. The Hall–Kier alpha value is -2.28. The zero-order chi connectivity index (χ0) is 16.4. The van der Waals surface area contributed by atoms with Crippen LogP contribution in [0.4, 0.5) is 10.1 Å². The van der Waals surface area contributed by atoms with Crippen LogP contribution in [0.2, 0.25) is 0 Å². The number of nitrogens with zero attached hydrogens (tertiary/aromatic N) is 4. The third-order valence-electron chi connectivity index (χ3n) is 4.00. The Labute approximate surface area is 133 Å². The molecule has 0 aliphatic carbocycles. The van der Waals surface area contributed by atoms with Gasteiger partial charge in [-0.3, -0.25) is 9.69 Å². The highest BCUT2D eigenvalue weighted by Crippen LogP contribution is 2.22. The molecule has 1 saturated heterocycles. The molecule has 7 heteroatoms. The lowest BCUT2D eigenvalue weighted by Gasteiger charge is -2.35. The fraction of sp³-hybridized carbons (Fsp3) is 0.438. The zero-order valence-electron chi connectivity index (χ0n) is 13.3. The van der Waals surface area contributed by atoms with Crippen LogP contribution in [0, 0.1) is 12.7 Å². The number of aromatic nitrogens is 2. The van der Waals surface area contributed by atoms with E-state index in [9.17, 15) is 9.18 Å². The van der Waals surface area contributed by atoms with Gasteiger partial charge in [0, 0.05) is 31.7 Å². The lowest BCUT2D eigenvalue weighted by Crippen LogP contribution is -2.46. The maximum atomic E-state index is 14.2. The minimum atomic E-state index is -0.348. The molecule has 0 N–H and O–H groups in total. The normalized spacial score (nSPS) is 15.9. The summed E-state index contributed by atoms with van der Waals surface area (Å²) in [5, 5.41) is 3.78. The summed E-state index contributed by atoms with van der Waals surface area (Å²) in [6.07, 6.45) is 0. The van der Waals surface area contributed by atoms with E-state index in [4.69, 9.17) is 4.52 Å². The van der Waals surface area contributed by atoms with E-state index in [0.29, 0.717) is 42.6 Å². The Kier molecular flexibility index (Phi) is 4.38. The molecule has 6 nitrogen and oxygen atoms in total. The van der Waals surface area contributed by atoms with Crippen LogP contribution in [0.3, 0.4) is 0 Å². The molecule has 1 aromatic carbocycles. The van der Waals surface area contributed by atoms with E-state index >= 15 is 0 Å². The maximum Gasteiger partial charge on any atom is 0.240 e. The van der Waals surface area contributed by atoms with E-state index in [1.807, 2.05) is 4.90 Å². The second kappa shape index (κ2) is 6.45. The van der Waals surface area contributed by atoms with E-state index in [-0.39, 0.29) is 11.6 Å². The molecule has 122 valence electrons. The maximum absolute atomic E-state index is 14.2. The lowest BCUT2D eigenvalue weighted by atomic mass is 10.1. The van der Waals surface area contributed by atoms with Gasteiger partial charge in [-0.25, -0.2) is 4.39 Å². The third kappa shape index (κ3) is 3.56. The fourth-order valence-electron chi connectivity index (χ4n) is 2.72. The number of carbonyl (C=O) groups excluding carboxylic acids is 1. The van der Waals surface area contributed by atoms with Gasteiger partial charge >= 0.3 is 0 Å². The van der Waals surface area contributed by atoms with Crippen molar-refractivity contribution < 1.29 is 13.7 Å². The molecule has 2 heterocycles. The molecule has 0 atom stereocenters. The van der Waals surface area contributed by atoms with Crippen molar-refractivity contribution in [1.29, 1.82) is 0 Å². The number of halogens is 1. The molecule has 0 unspecified atom stereocenters.